The first-order valence-electron chi connectivity index (χ1n) is 7.93. The van der Waals surface area contributed by atoms with E-state index in [0.717, 1.165) is 12.2 Å². The van der Waals surface area contributed by atoms with E-state index in [1.807, 2.05) is 18.2 Å². The summed E-state index contributed by atoms with van der Waals surface area (Å²) in [5.74, 6) is -0.337. The van der Waals surface area contributed by atoms with Crippen LogP contribution in [-0.2, 0) is 30.3 Å². The van der Waals surface area contributed by atoms with Gasteiger partial charge in [-0.15, -0.1) is 0 Å². The number of carbonyl (C=O) groups is 1. The minimum Gasteiger partial charge on any atom is -0.459 e. The second-order valence-corrected chi connectivity index (χ2v) is 5.75. The average molecular weight is 332 g/mol. The Morgan fingerprint density at radius 3 is 2.29 bits per heavy atom. The smallest absolute Gasteiger partial charge is 0.333 e. The van der Waals surface area contributed by atoms with Crippen LogP contribution in [0.25, 0.3) is 6.08 Å². The van der Waals surface area contributed by atoms with Gasteiger partial charge in [0.15, 0.2) is 0 Å². The van der Waals surface area contributed by atoms with Crippen LogP contribution < -0.4 is 0 Å². The first-order chi connectivity index (χ1) is 11.6. The van der Waals surface area contributed by atoms with Gasteiger partial charge in [-0.2, -0.15) is 0 Å². The Bertz CT molecular complexity index is 556. The van der Waals surface area contributed by atoms with Crippen LogP contribution in [0.1, 0.15) is 18.1 Å². The van der Waals surface area contributed by atoms with Gasteiger partial charge in [0.2, 0.25) is 0 Å². The molecule has 1 aromatic carbocycles. The Morgan fingerprint density at radius 2 is 1.79 bits per heavy atom. The highest BCUT2D eigenvalue weighted by molar-refractivity contribution is 5.86. The summed E-state index contributed by atoms with van der Waals surface area (Å²) in [6.07, 6.45) is 2.33. The van der Waals surface area contributed by atoms with Crippen LogP contribution in [0.4, 0.5) is 0 Å². The van der Waals surface area contributed by atoms with Gasteiger partial charge < -0.3 is 18.9 Å². The van der Waals surface area contributed by atoms with E-state index < -0.39 is 0 Å². The van der Waals surface area contributed by atoms with Crippen LogP contribution in [0.5, 0.6) is 0 Å². The number of esters is 1. The van der Waals surface area contributed by atoms with Crippen molar-refractivity contribution in [2.45, 2.75) is 25.7 Å². The summed E-state index contributed by atoms with van der Waals surface area (Å²) in [6.45, 7) is 12.1. The first-order valence-corrected chi connectivity index (χ1v) is 7.93. The van der Waals surface area contributed by atoms with E-state index in [1.165, 1.54) is 5.56 Å². The van der Waals surface area contributed by atoms with Gasteiger partial charge in [0.1, 0.15) is 18.8 Å². The summed E-state index contributed by atoms with van der Waals surface area (Å²) in [6, 6.07) is 8.20. The molecule has 130 valence electrons. The van der Waals surface area contributed by atoms with Gasteiger partial charge in [-0.1, -0.05) is 43.5 Å². The summed E-state index contributed by atoms with van der Waals surface area (Å²) >= 11 is 0. The molecule has 1 aromatic rings. The lowest BCUT2D eigenvalue weighted by Crippen LogP contribution is -2.09. The van der Waals surface area contributed by atoms with E-state index in [9.17, 15) is 4.79 Å². The Balaban J connectivity index is 0.000000185. The van der Waals surface area contributed by atoms with E-state index in [-0.39, 0.29) is 12.1 Å². The average Bonchev–Trinajstić information content (AvgIpc) is 3.48. The van der Waals surface area contributed by atoms with Gasteiger partial charge in [-0.25, -0.2) is 4.79 Å². The fourth-order valence-electron chi connectivity index (χ4n) is 1.68. The molecule has 2 saturated heterocycles. The van der Waals surface area contributed by atoms with E-state index in [0.29, 0.717) is 38.1 Å². The maximum atomic E-state index is 10.7. The molecule has 0 bridgehead atoms. The molecular weight excluding hydrogens is 308 g/mol. The van der Waals surface area contributed by atoms with Crippen molar-refractivity contribution in [1.29, 1.82) is 0 Å². The Labute approximate surface area is 142 Å². The van der Waals surface area contributed by atoms with E-state index in [1.54, 1.807) is 6.92 Å². The van der Waals surface area contributed by atoms with Gasteiger partial charge in [0.05, 0.1) is 26.4 Å². The van der Waals surface area contributed by atoms with Gasteiger partial charge in [0.25, 0.3) is 0 Å². The van der Waals surface area contributed by atoms with Crippen molar-refractivity contribution in [3.05, 3.63) is 54.1 Å². The van der Waals surface area contributed by atoms with Crippen LogP contribution in [0.15, 0.2) is 43.0 Å². The van der Waals surface area contributed by atoms with Crippen molar-refractivity contribution in [2.75, 3.05) is 26.4 Å². The molecule has 3 rings (SSSR count). The van der Waals surface area contributed by atoms with Crippen molar-refractivity contribution in [3.8, 4) is 0 Å². The highest BCUT2D eigenvalue weighted by Crippen LogP contribution is 2.11. The predicted octanol–water partition coefficient (Wildman–Crippen LogP) is 2.75. The fraction of sp³-hybridized carbons (Fsp3) is 0.421. The van der Waals surface area contributed by atoms with Crippen LogP contribution >= 0.6 is 0 Å². The standard InChI is InChI=1S/C12H14O2.C7H10O3/c1-2-10-3-5-11(6-4-10)7-13-8-12-9-14-12;1-5(2)7(8)10-4-6-3-9-6/h2-6,12H,1,7-9H2;6H,1,3-4H2,2H3. The molecule has 2 fully saturated rings. The second-order valence-electron chi connectivity index (χ2n) is 5.75. The number of hydrogen-bond acceptors (Lipinski definition) is 5. The number of carbonyl (C=O) groups excluding carboxylic acids is 1. The third kappa shape index (κ3) is 7.55. The molecule has 0 radical (unpaired) electrons. The summed E-state index contributed by atoms with van der Waals surface area (Å²) in [5, 5.41) is 0. The van der Waals surface area contributed by atoms with Gasteiger partial charge in [0, 0.05) is 5.57 Å². The molecule has 2 unspecified atom stereocenters. The van der Waals surface area contributed by atoms with Crippen LogP contribution in [0.3, 0.4) is 0 Å². The predicted molar refractivity (Wildman–Crippen MR) is 91.4 cm³/mol. The highest BCUT2D eigenvalue weighted by Gasteiger charge is 2.24. The minimum absolute atomic E-state index is 0.142. The number of rotatable bonds is 8. The SMILES string of the molecule is C=C(C)C(=O)OCC1CO1.C=Cc1ccc(COCC2CO2)cc1. The molecule has 0 N–H and O–H groups in total. The third-order valence-electron chi connectivity index (χ3n) is 3.34. The van der Waals surface area contributed by atoms with Crippen LogP contribution in [0, 0.1) is 0 Å². The minimum atomic E-state index is -0.337. The van der Waals surface area contributed by atoms with Crippen molar-refractivity contribution in [2.24, 2.45) is 0 Å². The zero-order valence-electron chi connectivity index (χ0n) is 14.0. The Morgan fingerprint density at radius 1 is 1.21 bits per heavy atom. The lowest BCUT2D eigenvalue weighted by Gasteiger charge is -2.02. The van der Waals surface area contributed by atoms with Gasteiger partial charge in [-0.05, 0) is 18.1 Å². The summed E-state index contributed by atoms with van der Waals surface area (Å²) in [4.78, 5) is 10.7. The summed E-state index contributed by atoms with van der Waals surface area (Å²) in [7, 11) is 0. The molecule has 5 nitrogen and oxygen atoms in total. The molecule has 0 saturated carbocycles. The molecule has 0 aliphatic carbocycles. The van der Waals surface area contributed by atoms with Gasteiger partial charge in [-0.3, -0.25) is 0 Å². The number of ether oxygens (including phenoxy) is 4. The van der Waals surface area contributed by atoms with Gasteiger partial charge >= 0.3 is 5.97 Å². The molecule has 2 atom stereocenters. The number of benzene rings is 1. The first kappa shape index (κ1) is 18.4. The maximum absolute atomic E-state index is 10.7. The van der Waals surface area contributed by atoms with E-state index in [4.69, 9.17) is 18.9 Å². The van der Waals surface area contributed by atoms with Crippen molar-refractivity contribution < 1.29 is 23.7 Å². The van der Waals surface area contributed by atoms with Crippen molar-refractivity contribution in [3.63, 3.8) is 0 Å². The molecule has 2 heterocycles. The molecule has 0 aromatic heterocycles. The molecule has 0 spiro atoms. The summed E-state index contributed by atoms with van der Waals surface area (Å²) in [5.41, 5.74) is 2.76. The second kappa shape index (κ2) is 9.37. The largest absolute Gasteiger partial charge is 0.459 e. The Hall–Kier alpha value is -1.95. The zero-order chi connectivity index (χ0) is 17.4. The van der Waals surface area contributed by atoms with Crippen LogP contribution in [0.2, 0.25) is 0 Å². The summed E-state index contributed by atoms with van der Waals surface area (Å²) < 4.78 is 20.1. The van der Waals surface area contributed by atoms with Crippen LogP contribution in [-0.4, -0.2) is 44.6 Å². The molecule has 24 heavy (non-hydrogen) atoms. The van der Waals surface area contributed by atoms with E-state index >= 15 is 0 Å². The van der Waals surface area contributed by atoms with Crippen molar-refractivity contribution >= 4 is 12.0 Å². The Kier molecular flexibility index (Phi) is 7.18. The molecule has 2 aliphatic rings. The molecule has 5 heteroatoms. The zero-order valence-corrected chi connectivity index (χ0v) is 14.0. The molecule has 2 aliphatic heterocycles. The lowest BCUT2D eigenvalue weighted by molar-refractivity contribution is -0.139. The maximum Gasteiger partial charge on any atom is 0.333 e. The van der Waals surface area contributed by atoms with Crippen molar-refractivity contribution in [1.82, 2.24) is 0 Å². The highest BCUT2D eigenvalue weighted by atomic mass is 16.6. The lowest BCUT2D eigenvalue weighted by atomic mass is 10.1. The number of epoxide rings is 2. The monoisotopic (exact) mass is 332 g/mol. The normalized spacial score (nSPS) is 20.4. The molecule has 0 amide bonds. The third-order valence-corrected chi connectivity index (χ3v) is 3.34. The fourth-order valence-corrected chi connectivity index (χ4v) is 1.68. The topological polar surface area (TPSA) is 60.6 Å². The number of hydrogen-bond donors (Lipinski definition) is 0. The molecular formula is C19H24O5. The quantitative estimate of drug-likeness (QED) is 0.416. The van der Waals surface area contributed by atoms with E-state index in [2.05, 4.69) is 25.3 Å².